The number of nitrogens with zero attached hydrogens (tertiary/aromatic N) is 1. The Morgan fingerprint density at radius 3 is 2.56 bits per heavy atom. The fraction of sp³-hybridized carbons (Fsp3) is 0.200. The van der Waals surface area contributed by atoms with Gasteiger partial charge in [0.05, 0.1) is 0 Å². The van der Waals surface area contributed by atoms with Gasteiger partial charge < -0.3 is 0 Å². The van der Waals surface area contributed by atoms with Crippen LogP contribution in [0.3, 0.4) is 0 Å². The van der Waals surface area contributed by atoms with E-state index < -0.39 is 0 Å². The van der Waals surface area contributed by atoms with Crippen LogP contribution < -0.4 is 11.1 Å². The van der Waals surface area contributed by atoms with Gasteiger partial charge in [-0.1, -0.05) is 30.4 Å². The number of hydrogen-bond acceptors (Lipinski definition) is 2. The molecular weight excluding hydrogens is 226 g/mol. The highest BCUT2D eigenvalue weighted by Crippen LogP contribution is 2.22. The summed E-state index contributed by atoms with van der Waals surface area (Å²) in [7, 11) is 1.54. The van der Waals surface area contributed by atoms with E-state index in [1.807, 2.05) is 30.4 Å². The molecule has 0 atom stereocenters. The Bertz CT molecular complexity index is 785. The quantitative estimate of drug-likeness (QED) is 0.704. The van der Waals surface area contributed by atoms with Gasteiger partial charge in [0.15, 0.2) is 0 Å². The topological polar surface area (TPSA) is 39.1 Å². The Labute approximate surface area is 104 Å². The molecule has 0 aliphatic heterocycles. The molecule has 0 saturated carbocycles. The summed E-state index contributed by atoms with van der Waals surface area (Å²) in [5, 5.41) is 1.52. The van der Waals surface area contributed by atoms with Gasteiger partial charge in [-0.15, -0.1) is 0 Å². The second-order valence-corrected chi connectivity index (χ2v) is 4.55. The smallest absolute Gasteiger partial charge is 0.261 e. The van der Waals surface area contributed by atoms with Crippen LogP contribution in [0.25, 0.3) is 16.8 Å². The third-order valence-corrected chi connectivity index (χ3v) is 3.49. The zero-order chi connectivity index (χ0) is 12.7. The molecule has 0 spiro atoms. The first-order chi connectivity index (χ1) is 8.70. The summed E-state index contributed by atoms with van der Waals surface area (Å²) >= 11 is 0. The SMILES string of the molecule is Cn1c(=O)c2c(c3ccccc3c1=O)CCC=C2. The van der Waals surface area contributed by atoms with Crippen LogP contribution in [0.2, 0.25) is 0 Å². The van der Waals surface area contributed by atoms with E-state index in [4.69, 9.17) is 0 Å². The minimum atomic E-state index is -0.224. The average molecular weight is 239 g/mol. The zero-order valence-electron chi connectivity index (χ0n) is 10.1. The first kappa shape index (κ1) is 11.0. The summed E-state index contributed by atoms with van der Waals surface area (Å²) < 4.78 is 1.21. The van der Waals surface area contributed by atoms with Crippen LogP contribution in [0.15, 0.2) is 39.9 Å². The molecule has 1 heterocycles. The highest BCUT2D eigenvalue weighted by Gasteiger charge is 2.14. The van der Waals surface area contributed by atoms with Gasteiger partial charge in [-0.3, -0.25) is 14.2 Å². The average Bonchev–Trinajstić information content (AvgIpc) is 2.51. The first-order valence-electron chi connectivity index (χ1n) is 6.01. The van der Waals surface area contributed by atoms with Crippen molar-refractivity contribution in [2.45, 2.75) is 12.8 Å². The van der Waals surface area contributed by atoms with Crippen molar-refractivity contribution >= 4 is 16.8 Å². The molecule has 3 heteroatoms. The van der Waals surface area contributed by atoms with Crippen LogP contribution in [-0.2, 0) is 13.5 Å². The second kappa shape index (κ2) is 3.95. The highest BCUT2D eigenvalue weighted by atomic mass is 16.2. The number of fused-ring (bicyclic) bond motifs is 3. The summed E-state index contributed by atoms with van der Waals surface area (Å²) in [4.78, 5) is 24.5. The maximum atomic E-state index is 12.3. The minimum absolute atomic E-state index is 0.206. The van der Waals surface area contributed by atoms with Gasteiger partial charge in [0.25, 0.3) is 11.1 Å². The van der Waals surface area contributed by atoms with E-state index in [0.29, 0.717) is 10.9 Å². The summed E-state index contributed by atoms with van der Waals surface area (Å²) in [6, 6.07) is 7.45. The van der Waals surface area contributed by atoms with Crippen LogP contribution in [0.5, 0.6) is 0 Å². The van der Waals surface area contributed by atoms with Crippen molar-refractivity contribution in [1.82, 2.24) is 4.57 Å². The first-order valence-corrected chi connectivity index (χ1v) is 6.01. The van der Waals surface area contributed by atoms with Gasteiger partial charge in [0.2, 0.25) is 0 Å². The van der Waals surface area contributed by atoms with E-state index in [2.05, 4.69) is 0 Å². The predicted molar refractivity (Wildman–Crippen MR) is 72.8 cm³/mol. The maximum absolute atomic E-state index is 12.3. The maximum Gasteiger partial charge on any atom is 0.261 e. The molecule has 1 aromatic carbocycles. The van der Waals surface area contributed by atoms with Crippen LogP contribution in [0.1, 0.15) is 17.5 Å². The van der Waals surface area contributed by atoms with E-state index in [1.54, 1.807) is 13.1 Å². The van der Waals surface area contributed by atoms with Gasteiger partial charge in [-0.25, -0.2) is 0 Å². The van der Waals surface area contributed by atoms with Gasteiger partial charge in [0.1, 0.15) is 0 Å². The van der Waals surface area contributed by atoms with E-state index in [-0.39, 0.29) is 11.1 Å². The molecule has 0 unspecified atom stereocenters. The Hall–Kier alpha value is -2.16. The largest absolute Gasteiger partial charge is 0.277 e. The van der Waals surface area contributed by atoms with E-state index in [1.165, 1.54) is 4.57 Å². The molecule has 3 rings (SSSR count). The third kappa shape index (κ3) is 1.44. The lowest BCUT2D eigenvalue weighted by molar-refractivity contribution is 0.831. The lowest BCUT2D eigenvalue weighted by Gasteiger charge is -2.07. The Kier molecular flexibility index (Phi) is 2.40. The Morgan fingerprint density at radius 1 is 1.06 bits per heavy atom. The number of rotatable bonds is 0. The fourth-order valence-corrected chi connectivity index (χ4v) is 2.53. The van der Waals surface area contributed by atoms with Gasteiger partial charge in [0, 0.05) is 18.0 Å². The standard InChI is InChI=1S/C15H13NO2/c1-16-14(17)12-8-4-2-6-10(12)11-7-3-5-9-13(11)15(16)18/h2,4-6,8-9H,3,7H2,1H3. The molecule has 3 nitrogen and oxygen atoms in total. The Morgan fingerprint density at radius 2 is 1.78 bits per heavy atom. The molecule has 1 aliphatic rings. The van der Waals surface area contributed by atoms with Crippen LogP contribution >= 0.6 is 0 Å². The Balaban J connectivity index is 2.70. The van der Waals surface area contributed by atoms with E-state index in [0.717, 1.165) is 23.8 Å². The van der Waals surface area contributed by atoms with Crippen molar-refractivity contribution in [3.8, 4) is 0 Å². The lowest BCUT2D eigenvalue weighted by atomic mass is 9.96. The molecule has 1 aliphatic carbocycles. The van der Waals surface area contributed by atoms with E-state index in [9.17, 15) is 9.59 Å². The van der Waals surface area contributed by atoms with Crippen molar-refractivity contribution in [1.29, 1.82) is 0 Å². The van der Waals surface area contributed by atoms with Crippen molar-refractivity contribution in [2.75, 3.05) is 0 Å². The van der Waals surface area contributed by atoms with Crippen molar-refractivity contribution in [2.24, 2.45) is 7.05 Å². The van der Waals surface area contributed by atoms with Gasteiger partial charge in [-0.2, -0.15) is 0 Å². The normalized spacial score (nSPS) is 13.6. The van der Waals surface area contributed by atoms with Crippen molar-refractivity contribution in [3.05, 3.63) is 62.2 Å². The minimum Gasteiger partial charge on any atom is -0.277 e. The molecule has 0 fully saturated rings. The molecule has 1 aromatic heterocycles. The van der Waals surface area contributed by atoms with Crippen molar-refractivity contribution in [3.63, 3.8) is 0 Å². The third-order valence-electron chi connectivity index (χ3n) is 3.49. The molecule has 2 aromatic rings. The van der Waals surface area contributed by atoms with Crippen LogP contribution in [0, 0.1) is 0 Å². The number of allylic oxidation sites excluding steroid dienone is 1. The zero-order valence-corrected chi connectivity index (χ0v) is 10.1. The van der Waals surface area contributed by atoms with Crippen molar-refractivity contribution < 1.29 is 0 Å². The van der Waals surface area contributed by atoms with Gasteiger partial charge >= 0.3 is 0 Å². The summed E-state index contributed by atoms with van der Waals surface area (Å²) in [6.45, 7) is 0. The monoisotopic (exact) mass is 239 g/mol. The lowest BCUT2D eigenvalue weighted by Crippen LogP contribution is -2.28. The molecule has 18 heavy (non-hydrogen) atoms. The van der Waals surface area contributed by atoms with E-state index >= 15 is 0 Å². The number of aromatic nitrogens is 1. The molecule has 0 saturated heterocycles. The summed E-state index contributed by atoms with van der Waals surface area (Å²) in [5.74, 6) is 0. The molecule has 0 radical (unpaired) electrons. The second-order valence-electron chi connectivity index (χ2n) is 4.55. The number of aryl methyl sites for hydroxylation is 1. The molecule has 0 amide bonds. The predicted octanol–water partition coefficient (Wildman–Crippen LogP) is 1.86. The van der Waals surface area contributed by atoms with Crippen LogP contribution in [0.4, 0.5) is 0 Å². The summed E-state index contributed by atoms with van der Waals surface area (Å²) in [6.07, 6.45) is 5.56. The summed E-state index contributed by atoms with van der Waals surface area (Å²) in [5.41, 5.74) is 1.22. The molecule has 0 N–H and O–H groups in total. The van der Waals surface area contributed by atoms with Crippen LogP contribution in [-0.4, -0.2) is 4.57 Å². The number of hydrogen-bond donors (Lipinski definition) is 0. The molecule has 90 valence electrons. The molecule has 0 bridgehead atoms. The highest BCUT2D eigenvalue weighted by molar-refractivity contribution is 5.87. The van der Waals surface area contributed by atoms with Gasteiger partial charge in [-0.05, 0) is 29.9 Å². The number of benzene rings is 1. The molecular formula is C15H13NO2. The fourth-order valence-electron chi connectivity index (χ4n) is 2.53.